The molecule has 2 aromatic rings. The molecule has 4 nitrogen and oxygen atoms in total. The van der Waals surface area contributed by atoms with Gasteiger partial charge in [-0.05, 0) is 36.1 Å². The second-order valence-electron chi connectivity index (χ2n) is 4.66. The van der Waals surface area contributed by atoms with E-state index in [0.29, 0.717) is 0 Å². The van der Waals surface area contributed by atoms with Gasteiger partial charge in [0, 0.05) is 0 Å². The second kappa shape index (κ2) is 6.82. The summed E-state index contributed by atoms with van der Waals surface area (Å²) in [7, 11) is 0. The number of halogens is 3. The summed E-state index contributed by atoms with van der Waals surface area (Å²) in [5.41, 5.74) is 1.09. The van der Waals surface area contributed by atoms with Gasteiger partial charge in [0.2, 0.25) is 11.8 Å². The number of hydrogen-bond donors (Lipinski definition) is 0. The van der Waals surface area contributed by atoms with Gasteiger partial charge in [-0.3, -0.25) is 9.59 Å². The van der Waals surface area contributed by atoms with Crippen molar-refractivity contribution in [2.75, 3.05) is 0 Å². The molecule has 0 aliphatic heterocycles. The highest BCUT2D eigenvalue weighted by Gasteiger charge is 2.47. The summed E-state index contributed by atoms with van der Waals surface area (Å²) >= 11 is 0.941. The molecule has 0 saturated heterocycles. The summed E-state index contributed by atoms with van der Waals surface area (Å²) < 4.78 is 38.1. The van der Waals surface area contributed by atoms with Gasteiger partial charge in [-0.25, -0.2) is 0 Å². The first-order valence-corrected chi connectivity index (χ1v) is 7.33. The molecule has 23 heavy (non-hydrogen) atoms. The molecule has 1 aromatic carbocycles. The minimum Gasteiger partial charge on any atom is -0.290 e. The first-order chi connectivity index (χ1) is 10.8. The molecule has 1 heterocycles. The smallest absolute Gasteiger partial charge is 0.290 e. The molecular weight excluding hydrogens is 329 g/mol. The maximum absolute atomic E-state index is 12.7. The third-order valence-electron chi connectivity index (χ3n) is 2.83. The lowest BCUT2D eigenvalue weighted by atomic mass is 10.1. The lowest BCUT2D eigenvalue weighted by Gasteiger charge is -2.10. The van der Waals surface area contributed by atoms with E-state index < -0.39 is 23.8 Å². The molecule has 0 aliphatic rings. The average Bonchev–Trinajstić information content (AvgIpc) is 3.00. The van der Waals surface area contributed by atoms with Crippen molar-refractivity contribution in [1.29, 1.82) is 0 Å². The number of Topliss-reactive ketones (excluding diaryl/α,β-unsaturated/α-hetero) is 2. The zero-order chi connectivity index (χ0) is 17.0. The zero-order valence-corrected chi connectivity index (χ0v) is 12.7. The highest BCUT2D eigenvalue weighted by atomic mass is 32.1. The molecule has 0 N–H and O–H groups in total. The van der Waals surface area contributed by atoms with Crippen molar-refractivity contribution in [3.63, 3.8) is 0 Å². The van der Waals surface area contributed by atoms with Gasteiger partial charge in [0.15, 0.2) is 0 Å². The van der Waals surface area contributed by atoms with Gasteiger partial charge < -0.3 is 0 Å². The summed E-state index contributed by atoms with van der Waals surface area (Å²) in [5, 5.41) is 8.52. The number of thiophene rings is 1. The summed E-state index contributed by atoms with van der Waals surface area (Å²) in [6, 6.07) is 7.13. The Morgan fingerprint density at radius 2 is 1.91 bits per heavy atom. The number of hydrogen-bond acceptors (Lipinski definition) is 5. The molecule has 0 radical (unpaired) electrons. The van der Waals surface area contributed by atoms with Crippen LogP contribution in [-0.2, 0) is 4.79 Å². The van der Waals surface area contributed by atoms with Crippen LogP contribution in [0.25, 0.3) is 0 Å². The van der Waals surface area contributed by atoms with Crippen LogP contribution in [0, 0.1) is 6.92 Å². The molecule has 0 spiro atoms. The summed E-state index contributed by atoms with van der Waals surface area (Å²) in [6.45, 7) is 1.77. The van der Waals surface area contributed by atoms with Crippen molar-refractivity contribution in [3.05, 3.63) is 52.2 Å². The molecule has 1 unspecified atom stereocenters. The number of aryl methyl sites for hydroxylation is 1. The predicted molar refractivity (Wildman–Crippen MR) is 79.2 cm³/mol. The minimum atomic E-state index is -5.16. The Bertz CT molecular complexity index is 739. The van der Waals surface area contributed by atoms with Gasteiger partial charge in [-0.1, -0.05) is 18.2 Å². The Hall–Kier alpha value is -2.35. The molecular formula is C15H11F3N2O2S. The first-order valence-electron chi connectivity index (χ1n) is 6.45. The fourth-order valence-corrected chi connectivity index (χ4v) is 2.44. The van der Waals surface area contributed by atoms with Gasteiger partial charge in [-0.2, -0.15) is 23.4 Å². The van der Waals surface area contributed by atoms with Crippen LogP contribution in [0.4, 0.5) is 18.9 Å². The van der Waals surface area contributed by atoms with E-state index in [1.165, 1.54) is 23.6 Å². The van der Waals surface area contributed by atoms with Gasteiger partial charge in [-0.15, -0.1) is 11.3 Å². The van der Waals surface area contributed by atoms with Crippen molar-refractivity contribution >= 4 is 28.6 Å². The van der Waals surface area contributed by atoms with E-state index in [1.54, 1.807) is 25.1 Å². The molecule has 0 fully saturated rings. The molecule has 0 aliphatic carbocycles. The number of ketones is 2. The summed E-state index contributed by atoms with van der Waals surface area (Å²) in [5.74, 6) is -3.24. The normalized spacial score (nSPS) is 13.2. The molecule has 1 atom stereocenters. The Balaban J connectivity index is 2.34. The first kappa shape index (κ1) is 17.0. The topological polar surface area (TPSA) is 58.9 Å². The van der Waals surface area contributed by atoms with E-state index in [1.807, 2.05) is 0 Å². The van der Waals surface area contributed by atoms with E-state index >= 15 is 0 Å². The van der Waals surface area contributed by atoms with E-state index in [-0.39, 0.29) is 10.6 Å². The van der Waals surface area contributed by atoms with Crippen molar-refractivity contribution in [2.45, 2.75) is 19.1 Å². The molecule has 8 heteroatoms. The van der Waals surface area contributed by atoms with Crippen LogP contribution in [0.1, 0.15) is 15.2 Å². The Morgan fingerprint density at radius 3 is 2.48 bits per heavy atom. The maximum atomic E-state index is 12.7. The monoisotopic (exact) mass is 340 g/mol. The lowest BCUT2D eigenvalue weighted by molar-refractivity contribution is -0.171. The molecule has 2 rings (SSSR count). The van der Waals surface area contributed by atoms with Crippen molar-refractivity contribution in [1.82, 2.24) is 0 Å². The van der Waals surface area contributed by atoms with E-state index in [2.05, 4.69) is 10.2 Å². The number of azo groups is 1. The third-order valence-corrected chi connectivity index (χ3v) is 3.71. The third kappa shape index (κ3) is 4.32. The zero-order valence-electron chi connectivity index (χ0n) is 11.9. The minimum absolute atomic E-state index is 0.0239. The SMILES string of the molecule is Cc1cccc(N=NC(C(=O)c2cccs2)C(=O)C(F)(F)F)c1. The number of carbonyl (C=O) groups excluding carboxylic acids is 2. The van der Waals surface area contributed by atoms with Gasteiger partial charge in [0.25, 0.3) is 5.78 Å². The van der Waals surface area contributed by atoms with Crippen LogP contribution in [0.2, 0.25) is 0 Å². The van der Waals surface area contributed by atoms with Crippen LogP contribution in [0.3, 0.4) is 0 Å². The number of carbonyl (C=O) groups is 2. The summed E-state index contributed by atoms with van der Waals surface area (Å²) in [4.78, 5) is 23.6. The molecule has 0 bridgehead atoms. The van der Waals surface area contributed by atoms with E-state index in [9.17, 15) is 22.8 Å². The van der Waals surface area contributed by atoms with E-state index in [0.717, 1.165) is 16.9 Å². The summed E-state index contributed by atoms with van der Waals surface area (Å²) in [6.07, 6.45) is -5.16. The molecule has 0 amide bonds. The fraction of sp³-hybridized carbons (Fsp3) is 0.200. The molecule has 1 aromatic heterocycles. The van der Waals surface area contributed by atoms with Crippen molar-refractivity contribution in [3.8, 4) is 0 Å². The predicted octanol–water partition coefficient (Wildman–Crippen LogP) is 4.52. The maximum Gasteiger partial charge on any atom is 0.452 e. The standard InChI is InChI=1S/C15H11F3N2O2S/c1-9-4-2-5-10(8-9)19-20-12(14(22)15(16,17)18)13(21)11-6-3-7-23-11/h2-8,12H,1H3. The van der Waals surface area contributed by atoms with Gasteiger partial charge in [0.1, 0.15) is 0 Å². The number of rotatable bonds is 5. The van der Waals surface area contributed by atoms with Crippen molar-refractivity contribution in [2.24, 2.45) is 10.2 Å². The fourth-order valence-electron chi connectivity index (χ4n) is 1.75. The Labute approximate surface area is 133 Å². The highest BCUT2D eigenvalue weighted by molar-refractivity contribution is 7.12. The van der Waals surface area contributed by atoms with Crippen LogP contribution >= 0.6 is 11.3 Å². The number of alkyl halides is 3. The lowest BCUT2D eigenvalue weighted by Crippen LogP contribution is -2.38. The Morgan fingerprint density at radius 1 is 1.17 bits per heavy atom. The molecule has 120 valence electrons. The number of benzene rings is 1. The van der Waals surface area contributed by atoms with E-state index in [4.69, 9.17) is 0 Å². The van der Waals surface area contributed by atoms with Crippen LogP contribution in [-0.4, -0.2) is 23.8 Å². The van der Waals surface area contributed by atoms with Gasteiger partial charge in [0.05, 0.1) is 10.6 Å². The number of nitrogens with zero attached hydrogens (tertiary/aromatic N) is 2. The van der Waals surface area contributed by atoms with Crippen molar-refractivity contribution < 1.29 is 22.8 Å². The van der Waals surface area contributed by atoms with Crippen LogP contribution < -0.4 is 0 Å². The highest BCUT2D eigenvalue weighted by Crippen LogP contribution is 2.24. The molecule has 0 saturated carbocycles. The van der Waals surface area contributed by atoms with Crippen LogP contribution in [0.5, 0.6) is 0 Å². The van der Waals surface area contributed by atoms with Gasteiger partial charge >= 0.3 is 6.18 Å². The Kier molecular flexibility index (Phi) is 5.05. The largest absolute Gasteiger partial charge is 0.452 e. The quantitative estimate of drug-likeness (QED) is 0.456. The second-order valence-corrected chi connectivity index (χ2v) is 5.61. The average molecular weight is 340 g/mol. The van der Waals surface area contributed by atoms with Crippen LogP contribution in [0.15, 0.2) is 52.0 Å².